The Morgan fingerprint density at radius 1 is 1.72 bits per heavy atom. The first kappa shape index (κ1) is 13.5. The van der Waals surface area contributed by atoms with Gasteiger partial charge in [0.25, 0.3) is 5.56 Å². The van der Waals surface area contributed by atoms with Crippen molar-refractivity contribution in [3.05, 3.63) is 21.2 Å². The zero-order valence-electron chi connectivity index (χ0n) is 10.3. The van der Waals surface area contributed by atoms with Crippen molar-refractivity contribution in [2.45, 2.75) is 25.6 Å². The van der Waals surface area contributed by atoms with Crippen LogP contribution in [0.15, 0.2) is 15.6 Å². The average Bonchev–Trinajstić information content (AvgIpc) is 2.30. The van der Waals surface area contributed by atoms with Gasteiger partial charge in [-0.2, -0.15) is 0 Å². The third kappa shape index (κ3) is 2.73. The molecule has 1 saturated heterocycles. The van der Waals surface area contributed by atoms with Crippen LogP contribution in [-0.2, 0) is 4.74 Å². The minimum atomic E-state index is -0.393. The summed E-state index contributed by atoms with van der Waals surface area (Å²) in [7, 11) is 0. The summed E-state index contributed by atoms with van der Waals surface area (Å²) in [4.78, 5) is 20.2. The quantitative estimate of drug-likeness (QED) is 0.831. The number of nitrogens with one attached hydrogen (secondary N) is 1. The van der Waals surface area contributed by atoms with E-state index in [4.69, 9.17) is 4.74 Å². The Labute approximate surface area is 113 Å². The highest BCUT2D eigenvalue weighted by molar-refractivity contribution is 9.10. The van der Waals surface area contributed by atoms with E-state index in [1.165, 1.54) is 6.33 Å². The Kier molecular flexibility index (Phi) is 3.74. The molecule has 7 heteroatoms. The lowest BCUT2D eigenvalue weighted by atomic mass is 10.1. The summed E-state index contributed by atoms with van der Waals surface area (Å²) in [6, 6.07) is 0. The van der Waals surface area contributed by atoms with E-state index in [9.17, 15) is 9.90 Å². The molecule has 1 aliphatic heterocycles. The number of nitrogens with zero attached hydrogens (tertiary/aromatic N) is 2. The van der Waals surface area contributed by atoms with Crippen LogP contribution in [-0.4, -0.2) is 46.5 Å². The van der Waals surface area contributed by atoms with Crippen LogP contribution >= 0.6 is 15.9 Å². The Hall–Kier alpha value is -0.920. The van der Waals surface area contributed by atoms with Gasteiger partial charge in [0.15, 0.2) is 5.82 Å². The molecule has 0 bridgehead atoms. The molecule has 0 aromatic carbocycles. The van der Waals surface area contributed by atoms with E-state index in [1.54, 1.807) is 0 Å². The monoisotopic (exact) mass is 317 g/mol. The van der Waals surface area contributed by atoms with E-state index in [0.717, 1.165) is 0 Å². The molecule has 1 fully saturated rings. The first-order valence-electron chi connectivity index (χ1n) is 5.70. The van der Waals surface area contributed by atoms with Crippen LogP contribution in [0, 0.1) is 0 Å². The summed E-state index contributed by atoms with van der Waals surface area (Å²) in [6.07, 6.45) is 1.10. The van der Waals surface area contributed by atoms with Crippen LogP contribution in [0.3, 0.4) is 0 Å². The number of anilines is 1. The van der Waals surface area contributed by atoms with Gasteiger partial charge in [0.2, 0.25) is 0 Å². The summed E-state index contributed by atoms with van der Waals surface area (Å²) in [6.45, 7) is 4.96. The summed E-state index contributed by atoms with van der Waals surface area (Å²) in [5, 5.41) is 9.26. The summed E-state index contributed by atoms with van der Waals surface area (Å²) in [5.41, 5.74) is -0.611. The molecule has 2 N–H and O–H groups in total. The molecule has 0 amide bonds. The second-order valence-electron chi connectivity index (χ2n) is 4.93. The van der Waals surface area contributed by atoms with Crippen LogP contribution < -0.4 is 10.5 Å². The van der Waals surface area contributed by atoms with Crippen molar-refractivity contribution in [1.29, 1.82) is 0 Å². The number of aliphatic hydroxyl groups is 1. The second-order valence-corrected chi connectivity index (χ2v) is 5.72. The molecule has 1 aliphatic rings. The van der Waals surface area contributed by atoms with Gasteiger partial charge in [-0.1, -0.05) is 0 Å². The number of ether oxygens (including phenoxy) is 1. The molecule has 2 heterocycles. The second kappa shape index (κ2) is 4.99. The molecule has 2 rings (SSSR count). The van der Waals surface area contributed by atoms with E-state index in [-0.39, 0.29) is 18.3 Å². The standard InChI is InChI=1S/C11H16BrN3O3/c1-11(2)5-15(3-7(4-16)18-11)9-8(12)10(17)14-6-13-9/h6-7,16H,3-5H2,1-2H3,(H,13,14,17). The smallest absolute Gasteiger partial charge is 0.267 e. The fourth-order valence-corrected chi connectivity index (χ4v) is 2.61. The van der Waals surface area contributed by atoms with Gasteiger partial charge in [0.05, 0.1) is 24.6 Å². The van der Waals surface area contributed by atoms with Gasteiger partial charge in [0.1, 0.15) is 4.47 Å². The van der Waals surface area contributed by atoms with Crippen molar-refractivity contribution < 1.29 is 9.84 Å². The van der Waals surface area contributed by atoms with E-state index >= 15 is 0 Å². The maximum absolute atomic E-state index is 11.5. The third-order valence-electron chi connectivity index (χ3n) is 2.76. The van der Waals surface area contributed by atoms with Crippen molar-refractivity contribution in [3.63, 3.8) is 0 Å². The molecular weight excluding hydrogens is 302 g/mol. The van der Waals surface area contributed by atoms with Crippen LogP contribution in [0.5, 0.6) is 0 Å². The molecule has 0 saturated carbocycles. The zero-order chi connectivity index (χ0) is 13.3. The van der Waals surface area contributed by atoms with Crippen molar-refractivity contribution >= 4 is 21.7 Å². The normalized spacial score (nSPS) is 23.1. The number of hydrogen-bond acceptors (Lipinski definition) is 5. The molecule has 6 nitrogen and oxygen atoms in total. The van der Waals surface area contributed by atoms with Crippen molar-refractivity contribution in [3.8, 4) is 0 Å². The first-order valence-corrected chi connectivity index (χ1v) is 6.49. The third-order valence-corrected chi connectivity index (χ3v) is 3.48. The Morgan fingerprint density at radius 3 is 3.11 bits per heavy atom. The molecule has 1 aromatic rings. The summed E-state index contributed by atoms with van der Waals surface area (Å²) >= 11 is 3.24. The highest BCUT2D eigenvalue weighted by Gasteiger charge is 2.34. The Morgan fingerprint density at radius 2 is 2.44 bits per heavy atom. The number of hydrogen-bond donors (Lipinski definition) is 2. The lowest BCUT2D eigenvalue weighted by Gasteiger charge is -2.42. The molecule has 0 aliphatic carbocycles. The summed E-state index contributed by atoms with van der Waals surface area (Å²) < 4.78 is 6.13. The molecule has 1 aromatic heterocycles. The number of aromatic amines is 1. The molecule has 1 atom stereocenters. The Bertz CT molecular complexity index is 489. The zero-order valence-corrected chi connectivity index (χ0v) is 11.9. The van der Waals surface area contributed by atoms with Crippen LogP contribution in [0.25, 0.3) is 0 Å². The maximum atomic E-state index is 11.5. The number of rotatable bonds is 2. The number of morpholine rings is 1. The van der Waals surface area contributed by atoms with Gasteiger partial charge < -0.3 is 19.7 Å². The fraction of sp³-hybridized carbons (Fsp3) is 0.636. The van der Waals surface area contributed by atoms with Crippen molar-refractivity contribution in [1.82, 2.24) is 9.97 Å². The SMILES string of the molecule is CC1(C)CN(c2nc[nH]c(=O)c2Br)CC(CO)O1. The van der Waals surface area contributed by atoms with Gasteiger partial charge >= 0.3 is 0 Å². The molecule has 1 unspecified atom stereocenters. The van der Waals surface area contributed by atoms with Gasteiger partial charge in [-0.25, -0.2) is 4.98 Å². The molecular formula is C11H16BrN3O3. The lowest BCUT2D eigenvalue weighted by Crippen LogP contribution is -2.54. The molecule has 18 heavy (non-hydrogen) atoms. The fourth-order valence-electron chi connectivity index (χ4n) is 2.15. The van der Waals surface area contributed by atoms with Crippen molar-refractivity contribution in [2.24, 2.45) is 0 Å². The average molecular weight is 318 g/mol. The van der Waals surface area contributed by atoms with E-state index in [1.807, 2.05) is 18.7 Å². The van der Waals surface area contributed by atoms with Gasteiger partial charge in [0, 0.05) is 13.1 Å². The minimum absolute atomic E-state index is 0.0548. The first-order chi connectivity index (χ1) is 8.43. The van der Waals surface area contributed by atoms with Crippen LogP contribution in [0.2, 0.25) is 0 Å². The lowest BCUT2D eigenvalue weighted by molar-refractivity contribution is -0.101. The molecule has 100 valence electrons. The number of aliphatic hydroxyl groups excluding tert-OH is 1. The number of H-pyrrole nitrogens is 1. The van der Waals surface area contributed by atoms with Crippen molar-refractivity contribution in [2.75, 3.05) is 24.6 Å². The highest BCUT2D eigenvalue weighted by Crippen LogP contribution is 2.27. The maximum Gasteiger partial charge on any atom is 0.267 e. The number of halogens is 1. The van der Waals surface area contributed by atoms with Crippen LogP contribution in [0.1, 0.15) is 13.8 Å². The molecule has 0 spiro atoms. The predicted octanol–water partition coefficient (Wildman–Crippen LogP) is 0.508. The van der Waals surface area contributed by atoms with E-state index < -0.39 is 5.60 Å². The van der Waals surface area contributed by atoms with Crippen LogP contribution in [0.4, 0.5) is 5.82 Å². The van der Waals surface area contributed by atoms with Gasteiger partial charge in [-0.05, 0) is 29.8 Å². The van der Waals surface area contributed by atoms with Gasteiger partial charge in [-0.3, -0.25) is 4.79 Å². The highest BCUT2D eigenvalue weighted by atomic mass is 79.9. The number of aromatic nitrogens is 2. The van der Waals surface area contributed by atoms with E-state index in [0.29, 0.717) is 23.4 Å². The molecule has 0 radical (unpaired) electrons. The van der Waals surface area contributed by atoms with E-state index in [2.05, 4.69) is 25.9 Å². The largest absolute Gasteiger partial charge is 0.394 e. The van der Waals surface area contributed by atoms with Gasteiger partial charge in [-0.15, -0.1) is 0 Å². The minimum Gasteiger partial charge on any atom is -0.394 e. The Balaban J connectivity index is 2.32. The predicted molar refractivity (Wildman–Crippen MR) is 70.8 cm³/mol. The topological polar surface area (TPSA) is 78.5 Å². The summed E-state index contributed by atoms with van der Waals surface area (Å²) in [5.74, 6) is 0.577.